The van der Waals surface area contributed by atoms with Crippen LogP contribution in [0.25, 0.3) is 0 Å². The van der Waals surface area contributed by atoms with E-state index in [4.69, 9.17) is 10.8 Å². The third-order valence-electron chi connectivity index (χ3n) is 2.31. The summed E-state index contributed by atoms with van der Waals surface area (Å²) in [4.78, 5) is 43.1. The Balaban J connectivity index is 2.72. The molecule has 1 heterocycles. The van der Waals surface area contributed by atoms with Gasteiger partial charge in [0.1, 0.15) is 6.04 Å². The number of carboxylic acids is 1. The third-order valence-corrected chi connectivity index (χ3v) is 3.19. The van der Waals surface area contributed by atoms with E-state index in [1.807, 2.05) is 0 Å². The number of carbonyl (C=O) groups is 3. The van der Waals surface area contributed by atoms with Gasteiger partial charge in [-0.15, -0.1) is 0 Å². The van der Waals surface area contributed by atoms with Crippen molar-refractivity contribution in [2.45, 2.75) is 18.9 Å². The topological polar surface area (TPSA) is 153 Å². The van der Waals surface area contributed by atoms with Crippen molar-refractivity contribution in [2.24, 2.45) is 5.73 Å². The molecule has 0 aromatic carbocycles. The Morgan fingerprint density at radius 1 is 1.50 bits per heavy atom. The van der Waals surface area contributed by atoms with Gasteiger partial charge in [0.25, 0.3) is 5.91 Å². The van der Waals surface area contributed by atoms with Crippen molar-refractivity contribution in [1.29, 1.82) is 0 Å². The SMILES string of the molecule is NC(=O)CCC(NC(=O)c1csc([N+](=O)[O-])c1)C(=O)O. The monoisotopic (exact) mass is 301 g/mol. The number of carbonyl (C=O) groups excluding carboxylic acids is 2. The number of nitro groups is 1. The van der Waals surface area contributed by atoms with Crippen LogP contribution in [0.2, 0.25) is 0 Å². The van der Waals surface area contributed by atoms with Crippen LogP contribution in [0.4, 0.5) is 5.00 Å². The number of nitrogens with two attached hydrogens (primary N) is 1. The lowest BCUT2D eigenvalue weighted by molar-refractivity contribution is -0.380. The molecular weight excluding hydrogens is 290 g/mol. The number of thiophene rings is 1. The first kappa shape index (κ1) is 15.6. The lowest BCUT2D eigenvalue weighted by Gasteiger charge is -2.12. The first-order valence-electron chi connectivity index (χ1n) is 5.36. The molecule has 0 aliphatic rings. The second-order valence-corrected chi connectivity index (χ2v) is 4.69. The minimum Gasteiger partial charge on any atom is -0.480 e. The van der Waals surface area contributed by atoms with Crippen molar-refractivity contribution in [3.8, 4) is 0 Å². The fourth-order valence-electron chi connectivity index (χ4n) is 1.33. The summed E-state index contributed by atoms with van der Waals surface area (Å²) < 4.78 is 0. The van der Waals surface area contributed by atoms with E-state index in [2.05, 4.69) is 5.32 Å². The van der Waals surface area contributed by atoms with Gasteiger partial charge in [0.05, 0.1) is 10.5 Å². The van der Waals surface area contributed by atoms with E-state index in [9.17, 15) is 24.5 Å². The van der Waals surface area contributed by atoms with Crippen LogP contribution in [0, 0.1) is 10.1 Å². The lowest BCUT2D eigenvalue weighted by atomic mass is 10.1. The van der Waals surface area contributed by atoms with Gasteiger partial charge < -0.3 is 16.2 Å². The number of carboxylic acid groups (broad SMARTS) is 1. The number of hydrogen-bond acceptors (Lipinski definition) is 6. The van der Waals surface area contributed by atoms with E-state index in [1.54, 1.807) is 0 Å². The normalized spacial score (nSPS) is 11.6. The Bertz CT molecular complexity index is 555. The first-order chi connectivity index (χ1) is 9.31. The Hall–Kier alpha value is -2.49. The molecular formula is C10H11N3O6S. The van der Waals surface area contributed by atoms with Gasteiger partial charge in [0, 0.05) is 17.9 Å². The van der Waals surface area contributed by atoms with Crippen LogP contribution in [-0.2, 0) is 9.59 Å². The molecule has 1 aromatic rings. The van der Waals surface area contributed by atoms with E-state index in [1.165, 1.54) is 5.38 Å². The molecule has 0 saturated carbocycles. The second kappa shape index (κ2) is 6.61. The predicted octanol–water partition coefficient (Wildman–Crippen LogP) is 0.105. The number of nitrogens with zero attached hydrogens (tertiary/aromatic N) is 1. The van der Waals surface area contributed by atoms with Crippen molar-refractivity contribution >= 4 is 34.1 Å². The van der Waals surface area contributed by atoms with Gasteiger partial charge in [-0.05, 0) is 6.42 Å². The molecule has 4 N–H and O–H groups in total. The molecule has 0 aliphatic carbocycles. The Labute approximate surface area is 116 Å². The molecule has 1 aromatic heterocycles. The van der Waals surface area contributed by atoms with Gasteiger partial charge in [-0.2, -0.15) is 0 Å². The van der Waals surface area contributed by atoms with Crippen LogP contribution in [0.1, 0.15) is 23.2 Å². The van der Waals surface area contributed by atoms with Gasteiger partial charge in [0.2, 0.25) is 5.91 Å². The van der Waals surface area contributed by atoms with Crippen molar-refractivity contribution in [3.63, 3.8) is 0 Å². The Morgan fingerprint density at radius 3 is 2.60 bits per heavy atom. The highest BCUT2D eigenvalue weighted by molar-refractivity contribution is 7.13. The average molecular weight is 301 g/mol. The second-order valence-electron chi connectivity index (χ2n) is 3.80. The van der Waals surface area contributed by atoms with Crippen LogP contribution >= 0.6 is 11.3 Å². The zero-order valence-corrected chi connectivity index (χ0v) is 10.9. The average Bonchev–Trinajstić information content (AvgIpc) is 2.83. The standard InChI is InChI=1S/C10H11N3O6S/c11-7(14)2-1-6(10(16)17)12-9(15)5-3-8(13(18)19)20-4-5/h3-4,6H,1-2H2,(H2,11,14)(H,12,15)(H,16,17). The van der Waals surface area contributed by atoms with E-state index >= 15 is 0 Å². The Morgan fingerprint density at radius 2 is 2.15 bits per heavy atom. The molecule has 1 unspecified atom stereocenters. The maximum Gasteiger partial charge on any atom is 0.326 e. The quantitative estimate of drug-likeness (QED) is 0.479. The summed E-state index contributed by atoms with van der Waals surface area (Å²) >= 11 is 0.758. The smallest absolute Gasteiger partial charge is 0.326 e. The van der Waals surface area contributed by atoms with Gasteiger partial charge >= 0.3 is 11.0 Å². The fourth-order valence-corrected chi connectivity index (χ4v) is 2.03. The molecule has 0 fully saturated rings. The molecule has 1 atom stereocenters. The number of rotatable bonds is 7. The minimum atomic E-state index is -1.32. The maximum atomic E-state index is 11.7. The van der Waals surface area contributed by atoms with E-state index < -0.39 is 28.7 Å². The predicted molar refractivity (Wildman–Crippen MR) is 68.3 cm³/mol. The molecule has 0 spiro atoms. The van der Waals surface area contributed by atoms with E-state index in [0.29, 0.717) is 0 Å². The zero-order valence-electron chi connectivity index (χ0n) is 10.1. The molecule has 1 rings (SSSR count). The van der Waals surface area contributed by atoms with Crippen molar-refractivity contribution in [2.75, 3.05) is 0 Å². The summed E-state index contributed by atoms with van der Waals surface area (Å²) in [6.07, 6.45) is -0.344. The summed E-state index contributed by atoms with van der Waals surface area (Å²) in [5.41, 5.74) is 4.89. The molecule has 9 nitrogen and oxygen atoms in total. The van der Waals surface area contributed by atoms with Crippen LogP contribution in [-0.4, -0.2) is 33.9 Å². The van der Waals surface area contributed by atoms with Gasteiger partial charge in [-0.3, -0.25) is 19.7 Å². The summed E-state index contributed by atoms with van der Waals surface area (Å²) in [5.74, 6) is -2.76. The molecule has 0 saturated heterocycles. The van der Waals surface area contributed by atoms with Crippen molar-refractivity contribution in [1.82, 2.24) is 5.32 Å². The van der Waals surface area contributed by atoms with Crippen molar-refractivity contribution < 1.29 is 24.4 Å². The van der Waals surface area contributed by atoms with Gasteiger partial charge in [-0.1, -0.05) is 11.3 Å². The highest BCUT2D eigenvalue weighted by Gasteiger charge is 2.23. The highest BCUT2D eigenvalue weighted by Crippen LogP contribution is 2.22. The molecule has 10 heteroatoms. The fraction of sp³-hybridized carbons (Fsp3) is 0.300. The zero-order chi connectivity index (χ0) is 15.3. The summed E-state index contributed by atoms with van der Waals surface area (Å²) in [6, 6.07) is -0.235. The van der Waals surface area contributed by atoms with Gasteiger partial charge in [0.15, 0.2) is 0 Å². The van der Waals surface area contributed by atoms with E-state index in [0.717, 1.165) is 17.4 Å². The molecule has 0 aliphatic heterocycles. The highest BCUT2D eigenvalue weighted by atomic mass is 32.1. The molecule has 0 radical (unpaired) electrons. The summed E-state index contributed by atoms with van der Waals surface area (Å²) in [6.45, 7) is 0. The number of hydrogen-bond donors (Lipinski definition) is 3. The largest absolute Gasteiger partial charge is 0.480 e. The molecule has 0 bridgehead atoms. The van der Waals surface area contributed by atoms with Crippen molar-refractivity contribution in [3.05, 3.63) is 27.1 Å². The summed E-state index contributed by atoms with van der Waals surface area (Å²) in [7, 11) is 0. The number of aliphatic carboxylic acids is 1. The van der Waals surface area contributed by atoms with Crippen LogP contribution in [0.3, 0.4) is 0 Å². The minimum absolute atomic E-state index is 0.00738. The number of primary amides is 1. The Kier molecular flexibility index (Phi) is 5.15. The van der Waals surface area contributed by atoms with Gasteiger partial charge in [-0.25, -0.2) is 4.79 Å². The molecule has 108 valence electrons. The summed E-state index contributed by atoms with van der Waals surface area (Å²) in [5, 5.41) is 22.6. The first-order valence-corrected chi connectivity index (χ1v) is 6.24. The number of nitrogens with one attached hydrogen (secondary N) is 1. The van der Waals surface area contributed by atoms with E-state index in [-0.39, 0.29) is 23.4 Å². The molecule has 20 heavy (non-hydrogen) atoms. The number of amides is 2. The molecule has 2 amide bonds. The van der Waals surface area contributed by atoms with Crippen LogP contribution in [0.5, 0.6) is 0 Å². The third kappa shape index (κ3) is 4.31. The van der Waals surface area contributed by atoms with Crippen LogP contribution in [0.15, 0.2) is 11.4 Å². The van der Waals surface area contributed by atoms with Crippen LogP contribution < -0.4 is 11.1 Å². The lowest BCUT2D eigenvalue weighted by Crippen LogP contribution is -2.41. The maximum absolute atomic E-state index is 11.7.